The van der Waals surface area contributed by atoms with Gasteiger partial charge in [-0.2, -0.15) is 0 Å². The van der Waals surface area contributed by atoms with Crippen LogP contribution in [-0.4, -0.2) is 25.6 Å². The number of benzene rings is 1. The summed E-state index contributed by atoms with van der Waals surface area (Å²) in [4.78, 5) is 12.3. The Labute approximate surface area is 115 Å². The minimum atomic E-state index is -0.605. The summed E-state index contributed by atoms with van der Waals surface area (Å²) in [5.41, 5.74) is 0.540. The normalized spacial score (nSPS) is 11.4. The molecule has 19 heavy (non-hydrogen) atoms. The quantitative estimate of drug-likeness (QED) is 0.722. The molecule has 0 aliphatic heterocycles. The summed E-state index contributed by atoms with van der Waals surface area (Å²) < 4.78 is 10.6. The lowest BCUT2D eigenvalue weighted by Crippen LogP contribution is -2.39. The zero-order chi connectivity index (χ0) is 14.3. The van der Waals surface area contributed by atoms with Gasteiger partial charge in [0.1, 0.15) is 11.4 Å². The van der Waals surface area contributed by atoms with Gasteiger partial charge in [-0.25, -0.2) is 0 Å². The Hall–Kier alpha value is -1.35. The molecule has 0 unspecified atom stereocenters. The second-order valence-electron chi connectivity index (χ2n) is 4.68. The number of hydrogen-bond acceptors (Lipinski definition) is 3. The molecule has 0 saturated heterocycles. The van der Waals surface area contributed by atoms with Crippen molar-refractivity contribution < 1.29 is 14.3 Å². The van der Waals surface area contributed by atoms with Crippen molar-refractivity contribution in [3.63, 3.8) is 0 Å². The Morgan fingerprint density at radius 3 is 2.11 bits per heavy atom. The van der Waals surface area contributed by atoms with Crippen LogP contribution in [0, 0.1) is 0 Å². The zero-order valence-corrected chi connectivity index (χ0v) is 12.4. The van der Waals surface area contributed by atoms with Crippen LogP contribution in [-0.2, 0) is 16.0 Å². The molecule has 1 aromatic carbocycles. The third kappa shape index (κ3) is 3.80. The molecule has 0 amide bonds. The van der Waals surface area contributed by atoms with E-state index in [-0.39, 0.29) is 5.78 Å². The molecule has 0 fully saturated rings. The maximum atomic E-state index is 12.3. The molecule has 106 valence electrons. The van der Waals surface area contributed by atoms with Gasteiger partial charge in [0, 0.05) is 13.5 Å². The largest absolute Gasteiger partial charge is 0.497 e. The highest BCUT2D eigenvalue weighted by molar-refractivity contribution is 5.87. The van der Waals surface area contributed by atoms with E-state index in [9.17, 15) is 4.79 Å². The molecule has 1 rings (SSSR count). The van der Waals surface area contributed by atoms with Gasteiger partial charge in [0.05, 0.1) is 7.11 Å². The van der Waals surface area contributed by atoms with E-state index in [2.05, 4.69) is 0 Å². The first-order valence-electron chi connectivity index (χ1n) is 6.83. The Balaban J connectivity index is 2.62. The first kappa shape index (κ1) is 15.7. The van der Waals surface area contributed by atoms with Gasteiger partial charge < -0.3 is 9.47 Å². The molecule has 0 atom stereocenters. The van der Waals surface area contributed by atoms with Gasteiger partial charge in [0.15, 0.2) is 5.78 Å². The van der Waals surface area contributed by atoms with Crippen LogP contribution >= 0.6 is 0 Å². The fourth-order valence-electron chi connectivity index (χ4n) is 2.32. The average molecular weight is 264 g/mol. The van der Waals surface area contributed by atoms with Gasteiger partial charge in [0.25, 0.3) is 0 Å². The average Bonchev–Trinajstić information content (AvgIpc) is 2.48. The second kappa shape index (κ2) is 7.29. The van der Waals surface area contributed by atoms with Crippen molar-refractivity contribution in [3.05, 3.63) is 29.8 Å². The molecule has 0 heterocycles. The monoisotopic (exact) mass is 264 g/mol. The van der Waals surface area contributed by atoms with Crippen molar-refractivity contribution in [1.29, 1.82) is 0 Å². The van der Waals surface area contributed by atoms with E-state index >= 15 is 0 Å². The predicted octanol–water partition coefficient (Wildman–Crippen LogP) is 3.40. The van der Waals surface area contributed by atoms with Crippen LogP contribution in [0.1, 0.15) is 38.7 Å². The lowest BCUT2D eigenvalue weighted by molar-refractivity contribution is -0.142. The molecule has 0 bridgehead atoms. The smallest absolute Gasteiger partial charge is 0.164 e. The maximum Gasteiger partial charge on any atom is 0.164 e. The first-order valence-corrected chi connectivity index (χ1v) is 6.83. The topological polar surface area (TPSA) is 35.5 Å². The fourth-order valence-corrected chi connectivity index (χ4v) is 2.32. The molecule has 1 aromatic rings. The van der Waals surface area contributed by atoms with E-state index in [0.29, 0.717) is 6.42 Å². The summed E-state index contributed by atoms with van der Waals surface area (Å²) in [7, 11) is 3.27. The van der Waals surface area contributed by atoms with E-state index in [0.717, 1.165) is 30.6 Å². The van der Waals surface area contributed by atoms with Crippen LogP contribution in [0.3, 0.4) is 0 Å². The summed E-state index contributed by atoms with van der Waals surface area (Å²) >= 11 is 0. The van der Waals surface area contributed by atoms with E-state index in [4.69, 9.17) is 9.47 Å². The number of ether oxygens (including phenoxy) is 2. The number of carbonyl (C=O) groups is 1. The summed E-state index contributed by atoms with van der Waals surface area (Å²) in [5, 5.41) is 0. The molecule has 0 spiro atoms. The summed E-state index contributed by atoms with van der Waals surface area (Å²) in [6.07, 6.45) is 2.71. The lowest BCUT2D eigenvalue weighted by Gasteiger charge is -2.28. The Bertz CT molecular complexity index is 383. The number of rotatable bonds is 8. The third-order valence-corrected chi connectivity index (χ3v) is 3.84. The Morgan fingerprint density at radius 2 is 1.68 bits per heavy atom. The maximum absolute atomic E-state index is 12.3. The van der Waals surface area contributed by atoms with Crippen LogP contribution < -0.4 is 4.74 Å². The minimum Gasteiger partial charge on any atom is -0.497 e. The summed E-state index contributed by atoms with van der Waals surface area (Å²) in [6, 6.07) is 7.84. The number of carbonyl (C=O) groups excluding carboxylic acids is 1. The van der Waals surface area contributed by atoms with Crippen LogP contribution in [0.2, 0.25) is 0 Å². The van der Waals surface area contributed by atoms with Gasteiger partial charge in [-0.3, -0.25) is 4.79 Å². The van der Waals surface area contributed by atoms with Crippen LogP contribution in [0.15, 0.2) is 24.3 Å². The van der Waals surface area contributed by atoms with Crippen molar-refractivity contribution in [2.75, 3.05) is 14.2 Å². The van der Waals surface area contributed by atoms with Gasteiger partial charge in [-0.15, -0.1) is 0 Å². The number of aryl methyl sites for hydroxylation is 1. The fraction of sp³-hybridized carbons (Fsp3) is 0.562. The highest BCUT2D eigenvalue weighted by atomic mass is 16.5. The van der Waals surface area contributed by atoms with Crippen molar-refractivity contribution >= 4 is 5.78 Å². The molecule has 0 saturated carbocycles. The van der Waals surface area contributed by atoms with Crippen LogP contribution in [0.25, 0.3) is 0 Å². The Morgan fingerprint density at radius 1 is 1.11 bits per heavy atom. The first-order chi connectivity index (χ1) is 9.11. The van der Waals surface area contributed by atoms with Crippen molar-refractivity contribution in [1.82, 2.24) is 0 Å². The van der Waals surface area contributed by atoms with Gasteiger partial charge >= 0.3 is 0 Å². The van der Waals surface area contributed by atoms with Crippen molar-refractivity contribution in [2.45, 2.75) is 45.1 Å². The highest BCUT2D eigenvalue weighted by Gasteiger charge is 2.33. The van der Waals surface area contributed by atoms with Gasteiger partial charge in [-0.1, -0.05) is 26.0 Å². The number of hydrogen-bond donors (Lipinski definition) is 0. The lowest BCUT2D eigenvalue weighted by atomic mass is 9.88. The molecule has 3 nitrogen and oxygen atoms in total. The molecule has 0 aromatic heterocycles. The van der Waals surface area contributed by atoms with Crippen LogP contribution in [0.4, 0.5) is 0 Å². The highest BCUT2D eigenvalue weighted by Crippen LogP contribution is 2.23. The van der Waals surface area contributed by atoms with E-state index < -0.39 is 5.60 Å². The Kier molecular flexibility index (Phi) is 6.03. The number of ketones is 1. The molecular formula is C16H24O3. The molecule has 0 aliphatic rings. The van der Waals surface area contributed by atoms with Crippen molar-refractivity contribution in [3.8, 4) is 5.75 Å². The van der Waals surface area contributed by atoms with E-state index in [1.54, 1.807) is 14.2 Å². The molecular weight excluding hydrogens is 240 g/mol. The molecule has 0 N–H and O–H groups in total. The minimum absolute atomic E-state index is 0.191. The molecule has 0 aliphatic carbocycles. The van der Waals surface area contributed by atoms with Gasteiger partial charge in [-0.05, 0) is 37.0 Å². The van der Waals surface area contributed by atoms with E-state index in [1.807, 2.05) is 38.1 Å². The molecule has 3 heteroatoms. The standard InChI is InChI=1S/C16H24O3/c1-5-16(6-2,19-4)15(17)12-9-13-7-10-14(18-3)11-8-13/h7-8,10-11H,5-6,9,12H2,1-4H3. The second-order valence-corrected chi connectivity index (χ2v) is 4.68. The number of Topliss-reactive ketones (excluding diaryl/α,β-unsaturated/α-hetero) is 1. The molecule has 0 radical (unpaired) electrons. The zero-order valence-electron chi connectivity index (χ0n) is 12.4. The van der Waals surface area contributed by atoms with E-state index in [1.165, 1.54) is 0 Å². The number of methoxy groups -OCH3 is 2. The summed E-state index contributed by atoms with van der Waals surface area (Å²) in [6.45, 7) is 4.00. The third-order valence-electron chi connectivity index (χ3n) is 3.84. The predicted molar refractivity (Wildman–Crippen MR) is 76.6 cm³/mol. The van der Waals surface area contributed by atoms with Gasteiger partial charge in [0.2, 0.25) is 0 Å². The SMILES string of the molecule is CCC(CC)(OC)C(=O)CCc1ccc(OC)cc1. The van der Waals surface area contributed by atoms with Crippen LogP contribution in [0.5, 0.6) is 5.75 Å². The van der Waals surface area contributed by atoms with Crippen molar-refractivity contribution in [2.24, 2.45) is 0 Å². The summed E-state index contributed by atoms with van der Waals surface area (Å²) in [5.74, 6) is 1.03.